The zero-order valence-electron chi connectivity index (χ0n) is 11.4. The first-order valence-electron chi connectivity index (χ1n) is 6.24. The van der Waals surface area contributed by atoms with E-state index < -0.39 is 0 Å². The van der Waals surface area contributed by atoms with E-state index in [-0.39, 0.29) is 6.04 Å². The van der Waals surface area contributed by atoms with Crippen LogP contribution in [0.15, 0.2) is 35.7 Å². The van der Waals surface area contributed by atoms with Crippen molar-refractivity contribution < 1.29 is 0 Å². The van der Waals surface area contributed by atoms with Crippen LogP contribution in [-0.2, 0) is 0 Å². The van der Waals surface area contributed by atoms with Gasteiger partial charge in [-0.1, -0.05) is 12.1 Å². The molecule has 0 amide bonds. The summed E-state index contributed by atoms with van der Waals surface area (Å²) < 4.78 is 0. The lowest BCUT2D eigenvalue weighted by Crippen LogP contribution is -2.30. The number of thiocarbonyl (C=S) groups is 1. The summed E-state index contributed by atoms with van der Waals surface area (Å²) in [5, 5.41) is 9.28. The molecule has 0 spiro atoms. The monoisotopic (exact) mass is 290 g/mol. The van der Waals surface area contributed by atoms with Gasteiger partial charge < -0.3 is 10.6 Å². The van der Waals surface area contributed by atoms with Crippen molar-refractivity contribution in [3.05, 3.63) is 51.7 Å². The molecule has 2 aromatic rings. The van der Waals surface area contributed by atoms with Crippen LogP contribution in [0, 0.1) is 13.8 Å². The van der Waals surface area contributed by atoms with Crippen LogP contribution in [0.2, 0.25) is 0 Å². The first-order valence-corrected chi connectivity index (χ1v) is 7.52. The Balaban J connectivity index is 1.97. The highest BCUT2D eigenvalue weighted by atomic mass is 32.1. The average Bonchev–Trinajstić information content (AvgIpc) is 2.80. The molecule has 2 rings (SSSR count). The first-order chi connectivity index (χ1) is 9.04. The van der Waals surface area contributed by atoms with Crippen LogP contribution in [0.25, 0.3) is 0 Å². The van der Waals surface area contributed by atoms with Crippen molar-refractivity contribution in [2.45, 2.75) is 26.8 Å². The highest BCUT2D eigenvalue weighted by Gasteiger charge is 2.08. The van der Waals surface area contributed by atoms with Crippen molar-refractivity contribution in [1.29, 1.82) is 0 Å². The highest BCUT2D eigenvalue weighted by Crippen LogP contribution is 2.19. The predicted molar refractivity (Wildman–Crippen MR) is 88.0 cm³/mol. The minimum absolute atomic E-state index is 0.228. The van der Waals surface area contributed by atoms with Crippen LogP contribution in [-0.4, -0.2) is 5.11 Å². The number of hydrogen-bond donors (Lipinski definition) is 2. The van der Waals surface area contributed by atoms with Gasteiger partial charge in [0.1, 0.15) is 0 Å². The summed E-state index contributed by atoms with van der Waals surface area (Å²) in [7, 11) is 0. The molecule has 0 aliphatic rings. The maximum Gasteiger partial charge on any atom is 0.171 e. The molecule has 2 N–H and O–H groups in total. The second-order valence-electron chi connectivity index (χ2n) is 4.71. The molecule has 1 heterocycles. The van der Waals surface area contributed by atoms with E-state index in [4.69, 9.17) is 12.2 Å². The van der Waals surface area contributed by atoms with Crippen LogP contribution in [0.5, 0.6) is 0 Å². The van der Waals surface area contributed by atoms with E-state index in [1.807, 2.05) is 0 Å². The number of hydrogen-bond acceptors (Lipinski definition) is 2. The van der Waals surface area contributed by atoms with Gasteiger partial charge in [-0.05, 0) is 67.7 Å². The Labute approximate surface area is 123 Å². The van der Waals surface area contributed by atoms with Crippen LogP contribution in [0.1, 0.15) is 29.0 Å². The Kier molecular flexibility index (Phi) is 4.56. The number of aryl methyl sites for hydroxylation is 2. The van der Waals surface area contributed by atoms with Crippen molar-refractivity contribution >= 4 is 34.4 Å². The predicted octanol–water partition coefficient (Wildman–Crippen LogP) is 4.41. The van der Waals surface area contributed by atoms with E-state index in [0.29, 0.717) is 5.11 Å². The molecule has 1 aromatic heterocycles. The quantitative estimate of drug-likeness (QED) is 0.819. The maximum atomic E-state index is 5.36. The van der Waals surface area contributed by atoms with Crippen molar-refractivity contribution in [3.8, 4) is 0 Å². The largest absolute Gasteiger partial charge is 0.355 e. The molecule has 0 unspecified atom stereocenters. The van der Waals surface area contributed by atoms with Gasteiger partial charge in [0.25, 0.3) is 0 Å². The zero-order valence-corrected chi connectivity index (χ0v) is 13.0. The Morgan fingerprint density at radius 2 is 1.89 bits per heavy atom. The van der Waals surface area contributed by atoms with Crippen LogP contribution < -0.4 is 10.6 Å². The zero-order chi connectivity index (χ0) is 13.8. The van der Waals surface area contributed by atoms with Gasteiger partial charge in [-0.15, -0.1) is 11.3 Å². The Hall–Kier alpha value is -1.39. The lowest BCUT2D eigenvalue weighted by atomic mass is 10.1. The molecule has 0 aliphatic carbocycles. The van der Waals surface area contributed by atoms with Gasteiger partial charge in [-0.2, -0.15) is 0 Å². The van der Waals surface area contributed by atoms with Crippen LogP contribution in [0.3, 0.4) is 0 Å². The molecular weight excluding hydrogens is 272 g/mol. The molecule has 0 saturated carbocycles. The van der Waals surface area contributed by atoms with Crippen molar-refractivity contribution in [1.82, 2.24) is 5.32 Å². The fourth-order valence-corrected chi connectivity index (χ4v) is 3.05. The molecule has 0 bridgehead atoms. The standard InChI is InChI=1S/C15H18N2S2/c1-10-7-11(2)9-13(8-10)17-15(18)16-12(3)14-5-4-6-19-14/h4-9,12H,1-3H3,(H2,16,17,18)/t12-/m0/s1. The molecule has 2 nitrogen and oxygen atoms in total. The number of rotatable bonds is 3. The number of benzene rings is 1. The van der Waals surface area contributed by atoms with Crippen LogP contribution >= 0.6 is 23.6 Å². The molecule has 1 atom stereocenters. The molecule has 0 radical (unpaired) electrons. The summed E-state index contributed by atoms with van der Waals surface area (Å²) in [5.41, 5.74) is 3.50. The van der Waals surface area contributed by atoms with E-state index in [2.05, 4.69) is 67.1 Å². The molecule has 0 fully saturated rings. The molecule has 0 aliphatic heterocycles. The number of thiophene rings is 1. The lowest BCUT2D eigenvalue weighted by molar-refractivity contribution is 0.737. The van der Waals surface area contributed by atoms with Crippen molar-refractivity contribution in [2.24, 2.45) is 0 Å². The topological polar surface area (TPSA) is 24.1 Å². The van der Waals surface area contributed by atoms with Gasteiger partial charge >= 0.3 is 0 Å². The minimum Gasteiger partial charge on any atom is -0.355 e. The summed E-state index contributed by atoms with van der Waals surface area (Å²) in [4.78, 5) is 1.28. The fourth-order valence-electron chi connectivity index (χ4n) is 2.02. The summed E-state index contributed by atoms with van der Waals surface area (Å²) in [5.74, 6) is 0. The normalized spacial score (nSPS) is 11.9. The maximum absolute atomic E-state index is 5.36. The second kappa shape index (κ2) is 6.17. The molecule has 4 heteroatoms. The summed E-state index contributed by atoms with van der Waals surface area (Å²) in [6.07, 6.45) is 0. The third kappa shape index (κ3) is 4.04. The summed E-state index contributed by atoms with van der Waals surface area (Å²) in [6.45, 7) is 6.28. The van der Waals surface area contributed by atoms with Gasteiger partial charge in [0, 0.05) is 10.6 Å². The van der Waals surface area contributed by atoms with Gasteiger partial charge in [-0.3, -0.25) is 0 Å². The van der Waals surface area contributed by atoms with Crippen LogP contribution in [0.4, 0.5) is 5.69 Å². The molecule has 100 valence electrons. The average molecular weight is 290 g/mol. The highest BCUT2D eigenvalue weighted by molar-refractivity contribution is 7.80. The first kappa shape index (κ1) is 14.0. The van der Waals surface area contributed by atoms with Gasteiger partial charge in [0.05, 0.1) is 6.04 Å². The Bertz CT molecular complexity index is 541. The SMILES string of the molecule is Cc1cc(C)cc(NC(=S)N[C@@H](C)c2cccs2)c1. The van der Waals surface area contributed by atoms with E-state index >= 15 is 0 Å². The molecule has 19 heavy (non-hydrogen) atoms. The second-order valence-corrected chi connectivity index (χ2v) is 6.10. The van der Waals surface area contributed by atoms with Crippen molar-refractivity contribution in [2.75, 3.05) is 5.32 Å². The lowest BCUT2D eigenvalue weighted by Gasteiger charge is -2.16. The fraction of sp³-hybridized carbons (Fsp3) is 0.267. The van der Waals surface area contributed by atoms with Gasteiger partial charge in [0.15, 0.2) is 5.11 Å². The summed E-state index contributed by atoms with van der Waals surface area (Å²) in [6, 6.07) is 10.7. The third-order valence-electron chi connectivity index (χ3n) is 2.80. The smallest absolute Gasteiger partial charge is 0.171 e. The third-order valence-corrected chi connectivity index (χ3v) is 4.07. The van der Waals surface area contributed by atoms with E-state index in [1.165, 1.54) is 16.0 Å². The number of nitrogens with one attached hydrogen (secondary N) is 2. The van der Waals surface area contributed by atoms with E-state index in [9.17, 15) is 0 Å². The summed E-state index contributed by atoms with van der Waals surface area (Å²) >= 11 is 7.09. The van der Waals surface area contributed by atoms with E-state index in [1.54, 1.807) is 11.3 Å². The van der Waals surface area contributed by atoms with Crippen molar-refractivity contribution in [3.63, 3.8) is 0 Å². The molecular formula is C15H18N2S2. The van der Waals surface area contributed by atoms with Gasteiger partial charge in [-0.25, -0.2) is 0 Å². The Morgan fingerprint density at radius 3 is 2.47 bits per heavy atom. The van der Waals surface area contributed by atoms with Gasteiger partial charge in [0.2, 0.25) is 0 Å². The molecule has 0 saturated heterocycles. The Morgan fingerprint density at radius 1 is 1.21 bits per heavy atom. The minimum atomic E-state index is 0.228. The van der Waals surface area contributed by atoms with E-state index in [0.717, 1.165) is 5.69 Å². The number of anilines is 1. The molecule has 1 aromatic carbocycles.